The van der Waals surface area contributed by atoms with Gasteiger partial charge in [0, 0.05) is 43.9 Å². The van der Waals surface area contributed by atoms with Gasteiger partial charge in [0.25, 0.3) is 5.56 Å². The molecule has 7 nitrogen and oxygen atoms in total. The monoisotopic (exact) mass is 310 g/mol. The quantitative estimate of drug-likeness (QED) is 0.793. The van der Waals surface area contributed by atoms with E-state index in [1.54, 1.807) is 17.1 Å². The predicted molar refractivity (Wildman–Crippen MR) is 87.4 cm³/mol. The Kier molecular flexibility index (Phi) is 3.33. The normalized spacial score (nSPS) is 14.2. The predicted octanol–water partition coefficient (Wildman–Crippen LogP) is 1.49. The number of nitrogens with zero attached hydrogens (tertiary/aromatic N) is 5. The van der Waals surface area contributed by atoms with E-state index in [4.69, 9.17) is 0 Å². The molecule has 0 atom stereocenters. The smallest absolute Gasteiger partial charge is 0.267 e. The zero-order valence-corrected chi connectivity index (χ0v) is 13.0. The molecule has 0 radical (unpaired) electrons. The molecular formula is C16H18N6O. The summed E-state index contributed by atoms with van der Waals surface area (Å²) >= 11 is 0. The lowest BCUT2D eigenvalue weighted by atomic mass is 10.1. The van der Waals surface area contributed by atoms with Gasteiger partial charge in [-0.15, -0.1) is 0 Å². The lowest BCUT2D eigenvalue weighted by Crippen LogP contribution is -2.35. The first-order chi connectivity index (χ1) is 11.3. The van der Waals surface area contributed by atoms with Gasteiger partial charge >= 0.3 is 0 Å². The van der Waals surface area contributed by atoms with Crippen molar-refractivity contribution >= 4 is 16.9 Å². The Morgan fingerprint density at radius 3 is 3.13 bits per heavy atom. The van der Waals surface area contributed by atoms with Crippen LogP contribution in [0.25, 0.3) is 11.0 Å². The van der Waals surface area contributed by atoms with Crippen LogP contribution in [-0.2, 0) is 19.5 Å². The van der Waals surface area contributed by atoms with Gasteiger partial charge in [-0.25, -0.2) is 14.6 Å². The maximum absolute atomic E-state index is 12.1. The maximum Gasteiger partial charge on any atom is 0.267 e. The first-order valence-corrected chi connectivity index (χ1v) is 7.89. The van der Waals surface area contributed by atoms with Crippen molar-refractivity contribution in [3.05, 3.63) is 46.3 Å². The van der Waals surface area contributed by atoms with Crippen LogP contribution in [0.1, 0.15) is 24.6 Å². The van der Waals surface area contributed by atoms with Gasteiger partial charge < -0.3 is 9.88 Å². The summed E-state index contributed by atoms with van der Waals surface area (Å²) in [4.78, 5) is 26.1. The van der Waals surface area contributed by atoms with Gasteiger partial charge in [0.05, 0.1) is 11.1 Å². The standard InChI is InChI=1S/C16H18N6O/c1-2-6-22-14(23)8-11-9-21(7-4-13(11)20-22)16-12-3-5-17-15(12)18-10-19-16/h3,5,8,10H,2,4,6-7,9H2,1H3,(H,17,18,19). The van der Waals surface area contributed by atoms with Crippen LogP contribution >= 0.6 is 0 Å². The summed E-state index contributed by atoms with van der Waals surface area (Å²) in [6, 6.07) is 3.71. The highest BCUT2D eigenvalue weighted by molar-refractivity contribution is 5.87. The molecule has 0 unspecified atom stereocenters. The second kappa shape index (κ2) is 5.49. The van der Waals surface area contributed by atoms with Gasteiger partial charge in [0.2, 0.25) is 0 Å². The first-order valence-electron chi connectivity index (χ1n) is 7.89. The average Bonchev–Trinajstić information content (AvgIpc) is 3.04. The summed E-state index contributed by atoms with van der Waals surface area (Å²) in [5, 5.41) is 5.52. The molecule has 4 heterocycles. The summed E-state index contributed by atoms with van der Waals surface area (Å²) in [6.45, 7) is 4.21. The molecule has 0 bridgehead atoms. The number of hydrogen-bond acceptors (Lipinski definition) is 5. The van der Waals surface area contributed by atoms with Crippen molar-refractivity contribution in [1.29, 1.82) is 0 Å². The molecule has 7 heteroatoms. The fraction of sp³-hybridized carbons (Fsp3) is 0.375. The molecule has 4 rings (SSSR count). The molecule has 0 amide bonds. The van der Waals surface area contributed by atoms with Gasteiger partial charge in [0.15, 0.2) is 0 Å². The number of aromatic amines is 1. The number of aromatic nitrogens is 5. The van der Waals surface area contributed by atoms with Crippen LogP contribution in [0.3, 0.4) is 0 Å². The minimum atomic E-state index is -0.0260. The second-order valence-electron chi connectivity index (χ2n) is 5.79. The number of rotatable bonds is 3. The zero-order chi connectivity index (χ0) is 15.8. The molecule has 1 aliphatic heterocycles. The minimum Gasteiger partial charge on any atom is -0.351 e. The van der Waals surface area contributed by atoms with Crippen LogP contribution in [0.15, 0.2) is 29.5 Å². The number of anilines is 1. The largest absolute Gasteiger partial charge is 0.351 e. The Labute approximate surface area is 133 Å². The van der Waals surface area contributed by atoms with Crippen LogP contribution in [0.4, 0.5) is 5.82 Å². The Bertz CT molecular complexity index is 912. The molecule has 23 heavy (non-hydrogen) atoms. The molecule has 3 aromatic rings. The summed E-state index contributed by atoms with van der Waals surface area (Å²) in [5.41, 5.74) is 2.82. The van der Waals surface area contributed by atoms with Crippen LogP contribution in [-0.4, -0.2) is 31.3 Å². The Morgan fingerprint density at radius 1 is 1.35 bits per heavy atom. The SMILES string of the molecule is CCCn1nc2c(cc1=O)CN(c1ncnc3[nH]ccc13)CC2. The lowest BCUT2D eigenvalue weighted by Gasteiger charge is -2.29. The Balaban J connectivity index is 1.70. The van der Waals surface area contributed by atoms with Gasteiger partial charge in [0.1, 0.15) is 17.8 Å². The van der Waals surface area contributed by atoms with E-state index in [-0.39, 0.29) is 5.56 Å². The third kappa shape index (κ3) is 2.38. The summed E-state index contributed by atoms with van der Waals surface area (Å²) < 4.78 is 1.57. The van der Waals surface area contributed by atoms with Gasteiger partial charge in [-0.05, 0) is 12.5 Å². The molecule has 0 saturated carbocycles. The average molecular weight is 310 g/mol. The van der Waals surface area contributed by atoms with E-state index in [1.165, 1.54) is 0 Å². The van der Waals surface area contributed by atoms with Crippen molar-refractivity contribution in [1.82, 2.24) is 24.7 Å². The highest BCUT2D eigenvalue weighted by Gasteiger charge is 2.22. The molecule has 1 aliphatic rings. The molecule has 0 spiro atoms. The summed E-state index contributed by atoms with van der Waals surface area (Å²) in [7, 11) is 0. The molecule has 0 fully saturated rings. The fourth-order valence-corrected chi connectivity index (χ4v) is 3.10. The highest BCUT2D eigenvalue weighted by Crippen LogP contribution is 2.26. The third-order valence-corrected chi connectivity index (χ3v) is 4.21. The van der Waals surface area contributed by atoms with Crippen molar-refractivity contribution in [3.8, 4) is 0 Å². The molecule has 0 aliphatic carbocycles. The maximum atomic E-state index is 12.1. The van der Waals surface area contributed by atoms with Crippen molar-refractivity contribution in [2.45, 2.75) is 32.9 Å². The topological polar surface area (TPSA) is 79.7 Å². The third-order valence-electron chi connectivity index (χ3n) is 4.21. The van der Waals surface area contributed by atoms with E-state index in [2.05, 4.69) is 25.0 Å². The number of hydrogen-bond donors (Lipinski definition) is 1. The number of fused-ring (bicyclic) bond motifs is 2. The Morgan fingerprint density at radius 2 is 2.26 bits per heavy atom. The molecule has 0 aromatic carbocycles. The van der Waals surface area contributed by atoms with E-state index in [1.807, 2.05) is 19.2 Å². The van der Waals surface area contributed by atoms with Crippen molar-refractivity contribution in [3.63, 3.8) is 0 Å². The number of aryl methyl sites for hydroxylation is 1. The van der Waals surface area contributed by atoms with E-state index in [9.17, 15) is 4.79 Å². The number of H-pyrrole nitrogens is 1. The Hall–Kier alpha value is -2.70. The van der Waals surface area contributed by atoms with Crippen LogP contribution in [0.2, 0.25) is 0 Å². The van der Waals surface area contributed by atoms with E-state index >= 15 is 0 Å². The lowest BCUT2D eigenvalue weighted by molar-refractivity contribution is 0.539. The van der Waals surface area contributed by atoms with Gasteiger partial charge in [-0.2, -0.15) is 5.10 Å². The van der Waals surface area contributed by atoms with E-state index in [0.29, 0.717) is 13.1 Å². The minimum absolute atomic E-state index is 0.0260. The molecular weight excluding hydrogens is 292 g/mol. The van der Waals surface area contributed by atoms with E-state index in [0.717, 1.165) is 47.5 Å². The number of nitrogens with one attached hydrogen (secondary N) is 1. The summed E-state index contributed by atoms with van der Waals surface area (Å²) in [5.74, 6) is 0.902. The highest BCUT2D eigenvalue weighted by atomic mass is 16.1. The first kappa shape index (κ1) is 13.9. The molecule has 3 aromatic heterocycles. The van der Waals surface area contributed by atoms with Crippen molar-refractivity contribution < 1.29 is 0 Å². The molecule has 1 N–H and O–H groups in total. The fourth-order valence-electron chi connectivity index (χ4n) is 3.10. The van der Waals surface area contributed by atoms with Gasteiger partial charge in [-0.1, -0.05) is 6.92 Å². The van der Waals surface area contributed by atoms with Gasteiger partial charge in [-0.3, -0.25) is 4.79 Å². The molecule has 0 saturated heterocycles. The van der Waals surface area contributed by atoms with Crippen LogP contribution in [0.5, 0.6) is 0 Å². The van der Waals surface area contributed by atoms with Crippen molar-refractivity contribution in [2.75, 3.05) is 11.4 Å². The summed E-state index contributed by atoms with van der Waals surface area (Å²) in [6.07, 6.45) is 5.16. The van der Waals surface area contributed by atoms with Crippen LogP contribution in [0, 0.1) is 0 Å². The molecule has 118 valence electrons. The van der Waals surface area contributed by atoms with Crippen molar-refractivity contribution in [2.24, 2.45) is 0 Å². The zero-order valence-electron chi connectivity index (χ0n) is 13.0. The van der Waals surface area contributed by atoms with E-state index < -0.39 is 0 Å². The van der Waals surface area contributed by atoms with Crippen LogP contribution < -0.4 is 10.5 Å². The second-order valence-corrected chi connectivity index (χ2v) is 5.79.